The third kappa shape index (κ3) is 6.38. The summed E-state index contributed by atoms with van der Waals surface area (Å²) in [7, 11) is 0. The van der Waals surface area contributed by atoms with Gasteiger partial charge in [-0.25, -0.2) is 18.7 Å². The van der Waals surface area contributed by atoms with Crippen molar-refractivity contribution in [1.29, 1.82) is 0 Å². The molecule has 0 fully saturated rings. The van der Waals surface area contributed by atoms with Gasteiger partial charge in [-0.2, -0.15) is 17.9 Å². The number of ether oxygens (including phenoxy) is 1. The molecule has 3 rings (SSSR count). The number of amides is 1. The number of hydrogen-bond donors (Lipinski definition) is 1. The first-order valence-electron chi connectivity index (χ1n) is 9.12. The van der Waals surface area contributed by atoms with Gasteiger partial charge in [-0.1, -0.05) is 11.6 Å². The molecule has 7 nitrogen and oxygen atoms in total. The normalized spacial score (nSPS) is 12.6. The fourth-order valence-electron chi connectivity index (χ4n) is 2.72. The molecule has 0 aliphatic heterocycles. The molecule has 1 aromatic carbocycles. The van der Waals surface area contributed by atoms with Crippen LogP contribution in [0.4, 0.5) is 22.0 Å². The maximum Gasteiger partial charge on any atom is 0.416 e. The lowest BCUT2D eigenvalue weighted by Gasteiger charge is -2.15. The molecule has 1 unspecified atom stereocenters. The molecule has 3 aromatic rings. The minimum absolute atomic E-state index is 0.113. The van der Waals surface area contributed by atoms with E-state index in [1.807, 2.05) is 0 Å². The Morgan fingerprint density at radius 2 is 2.00 bits per heavy atom. The maximum absolute atomic E-state index is 13.0. The van der Waals surface area contributed by atoms with Gasteiger partial charge in [-0.3, -0.25) is 4.79 Å². The molecule has 0 bridgehead atoms. The molecule has 14 heteroatoms. The van der Waals surface area contributed by atoms with E-state index in [1.165, 1.54) is 23.0 Å². The van der Waals surface area contributed by atoms with Gasteiger partial charge in [0.05, 0.1) is 17.8 Å². The highest BCUT2D eigenvalue weighted by molar-refractivity contribution is 9.10. The number of carbonyl (C=O) groups is 1. The smallest absolute Gasteiger partial charge is 0.416 e. The van der Waals surface area contributed by atoms with Crippen LogP contribution in [0.1, 0.15) is 34.7 Å². The molecule has 0 saturated carbocycles. The minimum atomic E-state index is -4.67. The van der Waals surface area contributed by atoms with Crippen LogP contribution < -0.4 is 10.1 Å². The molecule has 1 amide bonds. The number of benzene rings is 1. The Morgan fingerprint density at radius 3 is 2.61 bits per heavy atom. The Labute approximate surface area is 197 Å². The summed E-state index contributed by atoms with van der Waals surface area (Å²) in [5.74, 6) is -0.273. The Balaban J connectivity index is 1.81. The summed E-state index contributed by atoms with van der Waals surface area (Å²) in [6, 6.07) is 4.54. The summed E-state index contributed by atoms with van der Waals surface area (Å²) in [5, 5.41) is 6.42. The van der Waals surface area contributed by atoms with Crippen LogP contribution in [0, 0.1) is 0 Å². The topological polar surface area (TPSA) is 81.9 Å². The van der Waals surface area contributed by atoms with E-state index < -0.39 is 36.7 Å². The van der Waals surface area contributed by atoms with Crippen molar-refractivity contribution in [3.8, 4) is 11.6 Å². The van der Waals surface area contributed by atoms with E-state index in [1.54, 1.807) is 6.92 Å². The molecule has 33 heavy (non-hydrogen) atoms. The van der Waals surface area contributed by atoms with Gasteiger partial charge in [0.25, 0.3) is 12.3 Å². The largest absolute Gasteiger partial charge is 0.486 e. The van der Waals surface area contributed by atoms with Crippen LogP contribution >= 0.6 is 27.5 Å². The Bertz CT molecular complexity index is 1140. The van der Waals surface area contributed by atoms with E-state index in [0.717, 1.165) is 12.1 Å². The van der Waals surface area contributed by atoms with Crippen LogP contribution in [0.25, 0.3) is 5.82 Å². The summed E-state index contributed by atoms with van der Waals surface area (Å²) in [6.07, 6.45) is -6.10. The highest BCUT2D eigenvalue weighted by Crippen LogP contribution is 2.32. The van der Waals surface area contributed by atoms with Crippen LogP contribution in [0.15, 0.2) is 41.3 Å². The first-order valence-corrected chi connectivity index (χ1v) is 10.3. The van der Waals surface area contributed by atoms with Gasteiger partial charge in [0.1, 0.15) is 12.4 Å². The van der Waals surface area contributed by atoms with Crippen LogP contribution in [0.5, 0.6) is 5.75 Å². The van der Waals surface area contributed by atoms with Crippen molar-refractivity contribution < 1.29 is 31.5 Å². The SMILES string of the molecule is CC(NC(=O)c1cc(Cl)cc(C(F)(F)F)c1)c1nc(Br)nn1-c1ccc(OCC(F)F)cn1. The molecule has 1 N–H and O–H groups in total. The van der Waals surface area contributed by atoms with Gasteiger partial charge in [-0.05, 0) is 53.2 Å². The number of alkyl halides is 5. The zero-order chi connectivity index (χ0) is 24.3. The summed E-state index contributed by atoms with van der Waals surface area (Å²) in [5.41, 5.74) is -1.34. The molecule has 1 atom stereocenters. The maximum atomic E-state index is 13.0. The van der Waals surface area contributed by atoms with Crippen molar-refractivity contribution in [1.82, 2.24) is 25.1 Å². The average molecular weight is 555 g/mol. The van der Waals surface area contributed by atoms with E-state index in [4.69, 9.17) is 16.3 Å². The molecular formula is C19H14BrClF5N5O2. The van der Waals surface area contributed by atoms with E-state index in [9.17, 15) is 26.7 Å². The third-order valence-corrected chi connectivity index (χ3v) is 4.70. The zero-order valence-electron chi connectivity index (χ0n) is 16.6. The average Bonchev–Trinajstić information content (AvgIpc) is 3.13. The number of pyridine rings is 1. The zero-order valence-corrected chi connectivity index (χ0v) is 18.9. The van der Waals surface area contributed by atoms with Crippen molar-refractivity contribution in [2.75, 3.05) is 6.61 Å². The standard InChI is InChI=1S/C19H14BrClF5N5O2/c1-9(28-17(32)10-4-11(19(24,25)26)6-12(21)5-10)16-29-18(20)30-31(16)15-3-2-13(7-27-15)33-8-14(22)23/h2-7,9,14H,8H2,1H3,(H,28,32). The summed E-state index contributed by atoms with van der Waals surface area (Å²) < 4.78 is 69.9. The van der Waals surface area contributed by atoms with Gasteiger partial charge in [-0.15, -0.1) is 5.10 Å². The van der Waals surface area contributed by atoms with Gasteiger partial charge in [0.2, 0.25) is 4.73 Å². The second kappa shape index (κ2) is 10.00. The van der Waals surface area contributed by atoms with Crippen LogP contribution in [0.3, 0.4) is 0 Å². The van der Waals surface area contributed by atoms with E-state index in [2.05, 4.69) is 36.3 Å². The van der Waals surface area contributed by atoms with Crippen molar-refractivity contribution in [3.05, 3.63) is 63.2 Å². The number of halogens is 7. The fourth-order valence-corrected chi connectivity index (χ4v) is 3.29. The predicted molar refractivity (Wildman–Crippen MR) is 111 cm³/mol. The summed E-state index contributed by atoms with van der Waals surface area (Å²) in [4.78, 5) is 20.8. The van der Waals surface area contributed by atoms with Crippen molar-refractivity contribution in [2.45, 2.75) is 25.6 Å². The van der Waals surface area contributed by atoms with Gasteiger partial charge >= 0.3 is 6.18 Å². The molecule has 0 radical (unpaired) electrons. The van der Waals surface area contributed by atoms with Crippen LogP contribution in [0.2, 0.25) is 5.02 Å². The van der Waals surface area contributed by atoms with Crippen molar-refractivity contribution in [3.63, 3.8) is 0 Å². The van der Waals surface area contributed by atoms with Crippen molar-refractivity contribution >= 4 is 33.4 Å². The van der Waals surface area contributed by atoms with E-state index in [0.29, 0.717) is 6.07 Å². The highest BCUT2D eigenvalue weighted by atomic mass is 79.9. The Morgan fingerprint density at radius 1 is 1.27 bits per heavy atom. The van der Waals surface area contributed by atoms with E-state index in [-0.39, 0.29) is 32.7 Å². The number of nitrogens with one attached hydrogen (secondary N) is 1. The van der Waals surface area contributed by atoms with Crippen LogP contribution in [-0.2, 0) is 6.18 Å². The van der Waals surface area contributed by atoms with Gasteiger partial charge in [0.15, 0.2) is 11.6 Å². The number of hydrogen-bond acceptors (Lipinski definition) is 5. The second-order valence-electron chi connectivity index (χ2n) is 6.63. The first kappa shape index (κ1) is 24.8. The fraction of sp³-hybridized carbons (Fsp3) is 0.263. The molecule has 176 valence electrons. The molecule has 2 aromatic heterocycles. The number of rotatable bonds is 7. The van der Waals surface area contributed by atoms with Crippen LogP contribution in [-0.4, -0.2) is 38.7 Å². The molecule has 2 heterocycles. The van der Waals surface area contributed by atoms with Gasteiger partial charge < -0.3 is 10.1 Å². The lowest BCUT2D eigenvalue weighted by molar-refractivity contribution is -0.137. The molecule has 0 aliphatic rings. The Kier molecular flexibility index (Phi) is 7.52. The summed E-state index contributed by atoms with van der Waals surface area (Å²) in [6.45, 7) is 0.754. The molecule has 0 saturated heterocycles. The van der Waals surface area contributed by atoms with Crippen molar-refractivity contribution in [2.24, 2.45) is 0 Å². The lowest BCUT2D eigenvalue weighted by atomic mass is 10.1. The molecule has 0 spiro atoms. The summed E-state index contributed by atoms with van der Waals surface area (Å²) >= 11 is 8.86. The first-order chi connectivity index (χ1) is 15.4. The third-order valence-electron chi connectivity index (χ3n) is 4.14. The number of carbonyl (C=O) groups excluding carboxylic acids is 1. The second-order valence-corrected chi connectivity index (χ2v) is 7.77. The molecular weight excluding hydrogens is 541 g/mol. The highest BCUT2D eigenvalue weighted by Gasteiger charge is 2.32. The van der Waals surface area contributed by atoms with Gasteiger partial charge in [0, 0.05) is 10.6 Å². The minimum Gasteiger partial charge on any atom is -0.486 e. The lowest BCUT2D eigenvalue weighted by Crippen LogP contribution is -2.29. The quantitative estimate of drug-likeness (QED) is 0.405. The predicted octanol–water partition coefficient (Wildman–Crippen LogP) is 5.23. The number of nitrogens with zero attached hydrogens (tertiary/aromatic N) is 4. The Hall–Kier alpha value is -2.80. The number of aromatic nitrogens is 4. The monoisotopic (exact) mass is 553 g/mol. The van der Waals surface area contributed by atoms with E-state index >= 15 is 0 Å². The molecule has 0 aliphatic carbocycles.